The monoisotopic (exact) mass is 216 g/mol. The summed E-state index contributed by atoms with van der Waals surface area (Å²) in [4.78, 5) is 2.11. The molecule has 1 aliphatic heterocycles. The molecule has 0 radical (unpaired) electrons. The number of likely N-dealkylation sites (tertiary alicyclic amines) is 1. The van der Waals surface area contributed by atoms with E-state index in [1.807, 2.05) is 30.3 Å². The minimum Gasteiger partial charge on any atom is -0.395 e. The van der Waals surface area contributed by atoms with Gasteiger partial charge in [-0.25, -0.2) is 0 Å². The zero-order valence-electron chi connectivity index (χ0n) is 9.21. The molecule has 0 aliphatic carbocycles. The summed E-state index contributed by atoms with van der Waals surface area (Å²) < 4.78 is 0. The Labute approximate surface area is 95.9 Å². The van der Waals surface area contributed by atoms with Crippen molar-refractivity contribution in [2.45, 2.75) is 24.9 Å². The van der Waals surface area contributed by atoms with Crippen LogP contribution in [-0.2, 0) is 0 Å². The van der Waals surface area contributed by atoms with Crippen LogP contribution in [0.15, 0.2) is 30.3 Å². The van der Waals surface area contributed by atoms with Crippen LogP contribution in [0.3, 0.4) is 0 Å². The summed E-state index contributed by atoms with van der Waals surface area (Å²) in [6.07, 6.45) is 2.05. The van der Waals surface area contributed by atoms with Crippen LogP contribution < -0.4 is 0 Å². The minimum atomic E-state index is -0.221. The SMILES string of the molecule is N#C[C@H](c1ccccc1)N1CCC[C@H]1CO. The van der Waals surface area contributed by atoms with E-state index in [-0.39, 0.29) is 18.7 Å². The highest BCUT2D eigenvalue weighted by molar-refractivity contribution is 5.24. The van der Waals surface area contributed by atoms with Gasteiger partial charge in [0, 0.05) is 12.6 Å². The zero-order valence-corrected chi connectivity index (χ0v) is 9.21. The molecule has 0 aromatic heterocycles. The van der Waals surface area contributed by atoms with Gasteiger partial charge in [0.2, 0.25) is 0 Å². The summed E-state index contributed by atoms with van der Waals surface area (Å²) in [7, 11) is 0. The highest BCUT2D eigenvalue weighted by Gasteiger charge is 2.30. The van der Waals surface area contributed by atoms with Crippen molar-refractivity contribution in [3.8, 4) is 6.07 Å². The van der Waals surface area contributed by atoms with Crippen molar-refractivity contribution >= 4 is 0 Å². The molecule has 1 fully saturated rings. The molecule has 1 aromatic rings. The molecule has 84 valence electrons. The molecule has 0 saturated carbocycles. The van der Waals surface area contributed by atoms with Gasteiger partial charge in [-0.2, -0.15) is 5.26 Å². The second-order valence-electron chi connectivity index (χ2n) is 4.16. The van der Waals surface area contributed by atoms with E-state index < -0.39 is 0 Å². The van der Waals surface area contributed by atoms with E-state index in [0.29, 0.717) is 0 Å². The average Bonchev–Trinajstić information content (AvgIpc) is 2.80. The van der Waals surface area contributed by atoms with Gasteiger partial charge in [0.1, 0.15) is 6.04 Å². The number of hydrogen-bond acceptors (Lipinski definition) is 3. The fraction of sp³-hybridized carbons (Fsp3) is 0.462. The Balaban J connectivity index is 2.20. The molecule has 0 bridgehead atoms. The van der Waals surface area contributed by atoms with Crippen LogP contribution in [0.4, 0.5) is 0 Å². The maximum absolute atomic E-state index is 9.28. The van der Waals surface area contributed by atoms with Crippen LogP contribution in [-0.4, -0.2) is 29.2 Å². The molecule has 0 unspecified atom stereocenters. The van der Waals surface area contributed by atoms with E-state index in [1.165, 1.54) is 0 Å². The van der Waals surface area contributed by atoms with Gasteiger partial charge in [-0.05, 0) is 18.4 Å². The average molecular weight is 216 g/mol. The normalized spacial score (nSPS) is 22.9. The second kappa shape index (κ2) is 5.11. The van der Waals surface area contributed by atoms with Crippen molar-refractivity contribution in [1.82, 2.24) is 4.90 Å². The minimum absolute atomic E-state index is 0.143. The molecule has 1 aromatic carbocycles. The van der Waals surface area contributed by atoms with Gasteiger partial charge in [0.25, 0.3) is 0 Å². The van der Waals surface area contributed by atoms with Crippen LogP contribution in [0, 0.1) is 11.3 Å². The Bertz CT molecular complexity index is 371. The second-order valence-corrected chi connectivity index (χ2v) is 4.16. The molecular formula is C13H16N2O. The third kappa shape index (κ3) is 2.08. The van der Waals surface area contributed by atoms with Crippen molar-refractivity contribution in [3.63, 3.8) is 0 Å². The summed E-state index contributed by atoms with van der Waals surface area (Å²) in [5.41, 5.74) is 1.02. The first kappa shape index (κ1) is 11.1. The van der Waals surface area contributed by atoms with Crippen molar-refractivity contribution < 1.29 is 5.11 Å². The van der Waals surface area contributed by atoms with Gasteiger partial charge in [-0.3, -0.25) is 4.90 Å². The highest BCUT2D eigenvalue weighted by Crippen LogP contribution is 2.28. The number of nitrogens with zero attached hydrogens (tertiary/aromatic N) is 2. The lowest BCUT2D eigenvalue weighted by molar-refractivity contribution is 0.139. The van der Waals surface area contributed by atoms with E-state index >= 15 is 0 Å². The first-order valence-electron chi connectivity index (χ1n) is 5.68. The van der Waals surface area contributed by atoms with Gasteiger partial charge >= 0.3 is 0 Å². The molecule has 0 amide bonds. The van der Waals surface area contributed by atoms with Gasteiger partial charge in [-0.15, -0.1) is 0 Å². The summed E-state index contributed by atoms with van der Waals surface area (Å²) in [6.45, 7) is 1.05. The summed E-state index contributed by atoms with van der Waals surface area (Å²) in [5.74, 6) is 0. The molecule has 3 nitrogen and oxygen atoms in total. The molecule has 0 spiro atoms. The molecule has 1 aliphatic rings. The number of benzene rings is 1. The fourth-order valence-electron chi connectivity index (χ4n) is 2.37. The highest BCUT2D eigenvalue weighted by atomic mass is 16.3. The first-order chi connectivity index (χ1) is 7.86. The predicted molar refractivity (Wildman–Crippen MR) is 61.6 cm³/mol. The number of nitriles is 1. The maximum Gasteiger partial charge on any atom is 0.124 e. The lowest BCUT2D eigenvalue weighted by Crippen LogP contribution is -2.35. The number of aliphatic hydroxyl groups excluding tert-OH is 1. The zero-order chi connectivity index (χ0) is 11.4. The lowest BCUT2D eigenvalue weighted by Gasteiger charge is -2.27. The van der Waals surface area contributed by atoms with Crippen LogP contribution in [0.25, 0.3) is 0 Å². The Hall–Kier alpha value is -1.37. The first-order valence-corrected chi connectivity index (χ1v) is 5.68. The molecule has 1 N–H and O–H groups in total. The number of hydrogen-bond donors (Lipinski definition) is 1. The number of rotatable bonds is 3. The fourth-order valence-corrected chi connectivity index (χ4v) is 2.37. The van der Waals surface area contributed by atoms with Crippen molar-refractivity contribution in [1.29, 1.82) is 5.26 Å². The lowest BCUT2D eigenvalue weighted by atomic mass is 10.1. The molecule has 16 heavy (non-hydrogen) atoms. The summed E-state index contributed by atoms with van der Waals surface area (Å²) in [6, 6.07) is 12.1. The molecule has 2 rings (SSSR count). The third-order valence-electron chi connectivity index (χ3n) is 3.20. The van der Waals surface area contributed by atoms with Gasteiger partial charge < -0.3 is 5.11 Å². The van der Waals surface area contributed by atoms with E-state index in [0.717, 1.165) is 24.9 Å². The maximum atomic E-state index is 9.28. The Morgan fingerprint density at radius 1 is 1.44 bits per heavy atom. The van der Waals surface area contributed by atoms with Crippen molar-refractivity contribution in [3.05, 3.63) is 35.9 Å². The largest absolute Gasteiger partial charge is 0.395 e. The van der Waals surface area contributed by atoms with Gasteiger partial charge in [-0.1, -0.05) is 30.3 Å². The molecule has 1 saturated heterocycles. The van der Waals surface area contributed by atoms with Gasteiger partial charge in [0.15, 0.2) is 0 Å². The molecular weight excluding hydrogens is 200 g/mol. The molecule has 3 heteroatoms. The van der Waals surface area contributed by atoms with E-state index in [4.69, 9.17) is 0 Å². The Kier molecular flexibility index (Phi) is 3.55. The smallest absolute Gasteiger partial charge is 0.124 e. The van der Waals surface area contributed by atoms with Crippen LogP contribution in [0.5, 0.6) is 0 Å². The Morgan fingerprint density at radius 3 is 2.81 bits per heavy atom. The van der Waals surface area contributed by atoms with Crippen LogP contribution >= 0.6 is 0 Å². The number of aliphatic hydroxyl groups is 1. The summed E-state index contributed by atoms with van der Waals surface area (Å²) in [5, 5.41) is 18.6. The van der Waals surface area contributed by atoms with Crippen molar-refractivity contribution in [2.24, 2.45) is 0 Å². The van der Waals surface area contributed by atoms with E-state index in [2.05, 4.69) is 11.0 Å². The topological polar surface area (TPSA) is 47.3 Å². The van der Waals surface area contributed by atoms with Crippen LogP contribution in [0.1, 0.15) is 24.4 Å². The quantitative estimate of drug-likeness (QED) is 0.836. The van der Waals surface area contributed by atoms with E-state index in [1.54, 1.807) is 0 Å². The standard InChI is InChI=1S/C13H16N2O/c14-9-13(11-5-2-1-3-6-11)15-8-4-7-12(15)10-16/h1-3,5-6,12-13,16H,4,7-8,10H2/t12-,13+/m0/s1. The van der Waals surface area contributed by atoms with Gasteiger partial charge in [0.05, 0.1) is 12.7 Å². The van der Waals surface area contributed by atoms with Crippen LogP contribution in [0.2, 0.25) is 0 Å². The predicted octanol–water partition coefficient (Wildman–Crippen LogP) is 1.71. The van der Waals surface area contributed by atoms with Crippen molar-refractivity contribution in [2.75, 3.05) is 13.2 Å². The molecule has 1 heterocycles. The van der Waals surface area contributed by atoms with E-state index in [9.17, 15) is 10.4 Å². The molecule has 2 atom stereocenters. The summed E-state index contributed by atoms with van der Waals surface area (Å²) >= 11 is 0. The Morgan fingerprint density at radius 2 is 2.19 bits per heavy atom. The third-order valence-corrected chi connectivity index (χ3v) is 3.20.